The van der Waals surface area contributed by atoms with Gasteiger partial charge < -0.3 is 15.8 Å². The van der Waals surface area contributed by atoms with Crippen LogP contribution in [0.15, 0.2) is 53.5 Å². The lowest BCUT2D eigenvalue weighted by Gasteiger charge is -2.23. The van der Waals surface area contributed by atoms with Gasteiger partial charge in [0.25, 0.3) is 0 Å². The van der Waals surface area contributed by atoms with E-state index in [4.69, 9.17) is 22.1 Å². The molecule has 0 fully saturated rings. The van der Waals surface area contributed by atoms with Crippen LogP contribution in [0.2, 0.25) is 5.02 Å². The predicted molar refractivity (Wildman–Crippen MR) is 121 cm³/mol. The van der Waals surface area contributed by atoms with Crippen LogP contribution in [-0.4, -0.2) is 37.6 Å². The minimum absolute atomic E-state index is 0. The van der Waals surface area contributed by atoms with E-state index in [9.17, 15) is 0 Å². The number of halogens is 2. The molecule has 0 aliphatic heterocycles. The average molecular weight is 489 g/mol. The molecular weight excluding hydrogens is 463 g/mol. The highest BCUT2D eigenvalue weighted by Gasteiger charge is 2.09. The molecule has 26 heavy (non-hydrogen) atoms. The molecule has 0 saturated heterocycles. The molecule has 1 atom stereocenters. The molecule has 7 heteroatoms. The Morgan fingerprint density at radius 1 is 1.27 bits per heavy atom. The number of rotatable bonds is 7. The molecule has 142 valence electrons. The largest absolute Gasteiger partial charge is 0.495 e. The zero-order valence-electron chi connectivity index (χ0n) is 15.3. The number of nitrogens with two attached hydrogens (primary N) is 1. The van der Waals surface area contributed by atoms with E-state index in [-0.39, 0.29) is 30.0 Å². The number of nitrogens with zero attached hydrogens (tertiary/aromatic N) is 2. The van der Waals surface area contributed by atoms with Gasteiger partial charge in [0.05, 0.1) is 18.7 Å². The van der Waals surface area contributed by atoms with Crippen LogP contribution in [0.25, 0.3) is 0 Å². The van der Waals surface area contributed by atoms with Gasteiger partial charge in [-0.3, -0.25) is 9.89 Å². The molecular formula is C19H26ClIN4O. The van der Waals surface area contributed by atoms with Crippen molar-refractivity contribution in [2.24, 2.45) is 10.7 Å². The Morgan fingerprint density at radius 3 is 2.58 bits per heavy atom. The van der Waals surface area contributed by atoms with Gasteiger partial charge in [-0.1, -0.05) is 41.9 Å². The normalized spacial score (nSPS) is 12.4. The van der Waals surface area contributed by atoms with Gasteiger partial charge in [-0.25, -0.2) is 0 Å². The number of guanidine groups is 1. The van der Waals surface area contributed by atoms with Gasteiger partial charge in [0.1, 0.15) is 5.75 Å². The van der Waals surface area contributed by atoms with Crippen LogP contribution >= 0.6 is 35.6 Å². The molecule has 5 nitrogen and oxygen atoms in total. The third-order valence-corrected chi connectivity index (χ3v) is 4.27. The third kappa shape index (κ3) is 7.01. The van der Waals surface area contributed by atoms with Crippen molar-refractivity contribution in [1.82, 2.24) is 4.90 Å². The van der Waals surface area contributed by atoms with E-state index in [1.165, 1.54) is 5.56 Å². The van der Waals surface area contributed by atoms with E-state index in [1.54, 1.807) is 19.2 Å². The minimum Gasteiger partial charge on any atom is -0.495 e. The van der Waals surface area contributed by atoms with Gasteiger partial charge in [-0.05, 0) is 37.7 Å². The molecule has 0 amide bonds. The van der Waals surface area contributed by atoms with Crippen LogP contribution in [0.3, 0.4) is 0 Å². The van der Waals surface area contributed by atoms with Crippen molar-refractivity contribution in [3.8, 4) is 5.75 Å². The molecule has 0 spiro atoms. The van der Waals surface area contributed by atoms with E-state index in [0.29, 0.717) is 23.3 Å². The molecule has 0 radical (unpaired) electrons. The summed E-state index contributed by atoms with van der Waals surface area (Å²) in [5.41, 5.74) is 8.03. The van der Waals surface area contributed by atoms with Crippen molar-refractivity contribution in [3.05, 3.63) is 59.1 Å². The zero-order chi connectivity index (χ0) is 18.2. The first-order valence-corrected chi connectivity index (χ1v) is 8.52. The number of aliphatic imine (C=N–C) groups is 1. The molecule has 0 aliphatic rings. The van der Waals surface area contributed by atoms with E-state index < -0.39 is 0 Å². The summed E-state index contributed by atoms with van der Waals surface area (Å²) in [4.78, 5) is 6.67. The molecule has 2 rings (SSSR count). The van der Waals surface area contributed by atoms with Crippen molar-refractivity contribution in [2.75, 3.05) is 26.0 Å². The number of hydrogen-bond donors (Lipinski definition) is 2. The summed E-state index contributed by atoms with van der Waals surface area (Å²) in [6, 6.07) is 16.0. The van der Waals surface area contributed by atoms with Gasteiger partial charge in [0, 0.05) is 18.3 Å². The lowest BCUT2D eigenvalue weighted by Crippen LogP contribution is -2.32. The number of anilines is 1. The monoisotopic (exact) mass is 488 g/mol. The molecule has 1 unspecified atom stereocenters. The number of methoxy groups -OCH3 is 1. The Morgan fingerprint density at radius 2 is 1.96 bits per heavy atom. The van der Waals surface area contributed by atoms with Gasteiger partial charge in [0.15, 0.2) is 5.96 Å². The van der Waals surface area contributed by atoms with Crippen molar-refractivity contribution < 1.29 is 4.74 Å². The molecule has 0 heterocycles. The van der Waals surface area contributed by atoms with Crippen LogP contribution in [0.1, 0.15) is 12.5 Å². The molecule has 0 saturated carbocycles. The Bertz CT molecular complexity index is 712. The first-order valence-electron chi connectivity index (χ1n) is 8.14. The molecule has 2 aromatic carbocycles. The second kappa shape index (κ2) is 11.3. The fourth-order valence-corrected chi connectivity index (χ4v) is 2.59. The topological polar surface area (TPSA) is 62.9 Å². The van der Waals surface area contributed by atoms with Crippen LogP contribution in [0.4, 0.5) is 5.69 Å². The summed E-state index contributed by atoms with van der Waals surface area (Å²) < 4.78 is 5.13. The minimum atomic E-state index is 0. The Hall–Kier alpha value is -1.51. The van der Waals surface area contributed by atoms with E-state index in [0.717, 1.165) is 12.2 Å². The van der Waals surface area contributed by atoms with E-state index in [2.05, 4.69) is 41.3 Å². The Balaban J connectivity index is 0.00000338. The van der Waals surface area contributed by atoms with E-state index >= 15 is 0 Å². The van der Waals surface area contributed by atoms with Crippen molar-refractivity contribution in [2.45, 2.75) is 19.5 Å². The second-order valence-electron chi connectivity index (χ2n) is 5.95. The SMILES string of the molecule is COc1ccc(NC(N)=NCC(C)N(C)Cc2ccccc2)cc1Cl.I. The number of benzene rings is 2. The summed E-state index contributed by atoms with van der Waals surface area (Å²) in [6.45, 7) is 3.61. The number of ether oxygens (including phenoxy) is 1. The average Bonchev–Trinajstić information content (AvgIpc) is 2.60. The van der Waals surface area contributed by atoms with Gasteiger partial charge >= 0.3 is 0 Å². The summed E-state index contributed by atoms with van der Waals surface area (Å²) in [5.74, 6) is 0.986. The van der Waals surface area contributed by atoms with Crippen molar-refractivity contribution >= 4 is 47.2 Å². The first-order chi connectivity index (χ1) is 12.0. The predicted octanol–water partition coefficient (Wildman–Crippen LogP) is 4.21. The maximum absolute atomic E-state index is 6.11. The van der Waals surface area contributed by atoms with E-state index in [1.807, 2.05) is 24.3 Å². The second-order valence-corrected chi connectivity index (χ2v) is 6.36. The smallest absolute Gasteiger partial charge is 0.193 e. The number of likely N-dealkylation sites (N-methyl/N-ethyl adjacent to an activating group) is 1. The quantitative estimate of drug-likeness (QED) is 0.348. The summed E-state index contributed by atoms with van der Waals surface area (Å²) >= 11 is 6.11. The lowest BCUT2D eigenvalue weighted by atomic mass is 10.2. The van der Waals surface area contributed by atoms with Crippen LogP contribution in [-0.2, 0) is 6.54 Å². The highest BCUT2D eigenvalue weighted by Crippen LogP contribution is 2.27. The molecule has 0 aliphatic carbocycles. The molecule has 2 aromatic rings. The summed E-state index contributed by atoms with van der Waals surface area (Å²) in [7, 11) is 3.66. The maximum atomic E-state index is 6.11. The standard InChI is InChI=1S/C19H25ClN4O.HI/c1-14(24(2)13-15-7-5-4-6-8-15)12-22-19(21)23-16-9-10-18(25-3)17(20)11-16;/h4-11,14H,12-13H2,1-3H3,(H3,21,22,23);1H. The summed E-state index contributed by atoms with van der Waals surface area (Å²) in [6.07, 6.45) is 0. The number of nitrogens with one attached hydrogen (secondary N) is 1. The first kappa shape index (κ1) is 22.5. The third-order valence-electron chi connectivity index (χ3n) is 3.98. The molecule has 3 N–H and O–H groups in total. The zero-order valence-corrected chi connectivity index (χ0v) is 18.4. The highest BCUT2D eigenvalue weighted by molar-refractivity contribution is 14.0. The van der Waals surface area contributed by atoms with Gasteiger partial charge in [0.2, 0.25) is 0 Å². The van der Waals surface area contributed by atoms with Gasteiger partial charge in [-0.2, -0.15) is 0 Å². The highest BCUT2D eigenvalue weighted by atomic mass is 127. The van der Waals surface area contributed by atoms with Crippen LogP contribution in [0.5, 0.6) is 5.75 Å². The lowest BCUT2D eigenvalue weighted by molar-refractivity contribution is 0.255. The summed E-state index contributed by atoms with van der Waals surface area (Å²) in [5, 5.41) is 3.57. The fraction of sp³-hybridized carbons (Fsp3) is 0.316. The van der Waals surface area contributed by atoms with Crippen molar-refractivity contribution in [3.63, 3.8) is 0 Å². The van der Waals surface area contributed by atoms with Crippen LogP contribution in [0, 0.1) is 0 Å². The fourth-order valence-electron chi connectivity index (χ4n) is 2.33. The number of hydrogen-bond acceptors (Lipinski definition) is 3. The van der Waals surface area contributed by atoms with Crippen molar-refractivity contribution in [1.29, 1.82) is 0 Å². The Labute approximate surface area is 177 Å². The maximum Gasteiger partial charge on any atom is 0.193 e. The Kier molecular flexibility index (Phi) is 9.75. The molecule has 0 bridgehead atoms. The van der Waals surface area contributed by atoms with Crippen LogP contribution < -0.4 is 15.8 Å². The molecule has 0 aromatic heterocycles. The van der Waals surface area contributed by atoms with Gasteiger partial charge in [-0.15, -0.1) is 24.0 Å².